The molecule has 0 saturated heterocycles. The van der Waals surface area contributed by atoms with Crippen LogP contribution in [0.2, 0.25) is 0 Å². The first-order chi connectivity index (χ1) is 16.0. The predicted octanol–water partition coefficient (Wildman–Crippen LogP) is 10.3. The van der Waals surface area contributed by atoms with Crippen LogP contribution < -0.4 is 0 Å². The summed E-state index contributed by atoms with van der Waals surface area (Å²) in [6.07, 6.45) is 18.6. The molecule has 1 atom stereocenters. The van der Waals surface area contributed by atoms with Crippen LogP contribution in [-0.2, 0) is 5.41 Å². The Hall–Kier alpha value is -1.76. The van der Waals surface area contributed by atoms with E-state index in [1.54, 1.807) is 0 Å². The summed E-state index contributed by atoms with van der Waals surface area (Å²) in [4.78, 5) is 0. The predicted molar refractivity (Wildman–Crippen MR) is 145 cm³/mol. The molecule has 1 N–H and O–H groups in total. The Morgan fingerprint density at radius 1 is 0.636 bits per heavy atom. The van der Waals surface area contributed by atoms with Crippen LogP contribution in [0.25, 0.3) is 0 Å². The van der Waals surface area contributed by atoms with E-state index in [1.165, 1.54) is 101 Å². The summed E-state index contributed by atoms with van der Waals surface area (Å²) in [7, 11) is 0. The van der Waals surface area contributed by atoms with Crippen LogP contribution in [0.15, 0.2) is 48.5 Å². The third-order valence-corrected chi connectivity index (χ3v) is 7.45. The Morgan fingerprint density at radius 3 is 1.70 bits per heavy atom. The van der Waals surface area contributed by atoms with Crippen molar-refractivity contribution in [3.8, 4) is 5.75 Å². The van der Waals surface area contributed by atoms with E-state index < -0.39 is 0 Å². The molecule has 0 heterocycles. The molecule has 2 aromatic rings. The molecule has 0 saturated carbocycles. The van der Waals surface area contributed by atoms with E-state index in [0.29, 0.717) is 11.7 Å². The molecular weight excluding hydrogens is 400 g/mol. The van der Waals surface area contributed by atoms with Gasteiger partial charge >= 0.3 is 0 Å². The molecule has 1 unspecified atom stereocenters. The van der Waals surface area contributed by atoms with E-state index in [-0.39, 0.29) is 5.41 Å². The number of aromatic hydroxyl groups is 1. The summed E-state index contributed by atoms with van der Waals surface area (Å²) >= 11 is 0. The lowest BCUT2D eigenvalue weighted by Gasteiger charge is -2.32. The maximum absolute atomic E-state index is 11.1. The summed E-state index contributed by atoms with van der Waals surface area (Å²) in [6.45, 7) is 9.11. The molecule has 0 radical (unpaired) electrons. The molecule has 0 amide bonds. The van der Waals surface area contributed by atoms with Crippen LogP contribution in [0.5, 0.6) is 5.75 Å². The van der Waals surface area contributed by atoms with Gasteiger partial charge in [-0.15, -0.1) is 0 Å². The minimum Gasteiger partial charge on any atom is -0.508 e. The molecule has 0 fully saturated rings. The first kappa shape index (κ1) is 27.5. The Balaban J connectivity index is 2.19. The fraction of sp³-hybridized carbons (Fsp3) is 0.625. The van der Waals surface area contributed by atoms with E-state index >= 15 is 0 Å². The average Bonchev–Trinajstić information content (AvgIpc) is 2.82. The molecule has 0 aliphatic carbocycles. The summed E-state index contributed by atoms with van der Waals surface area (Å²) in [5, 5.41) is 11.1. The molecule has 0 aromatic heterocycles. The standard InChI is InChI=1S/C32H50O/c1-5-7-9-11-12-14-17-22-27(21-16-13-10-8-6-2)29-25-20-26-30(33)31(29)32(3,4)28-23-18-15-19-24-28/h15,18-20,23-27,33H,5-14,16-17,21-22H2,1-4H3. The quantitative estimate of drug-likeness (QED) is 0.238. The fourth-order valence-electron chi connectivity index (χ4n) is 5.38. The minimum absolute atomic E-state index is 0.220. The largest absolute Gasteiger partial charge is 0.508 e. The topological polar surface area (TPSA) is 20.2 Å². The van der Waals surface area contributed by atoms with Crippen molar-refractivity contribution in [2.24, 2.45) is 0 Å². The van der Waals surface area contributed by atoms with Gasteiger partial charge in [0.25, 0.3) is 0 Å². The molecule has 0 bridgehead atoms. The van der Waals surface area contributed by atoms with Crippen molar-refractivity contribution in [3.63, 3.8) is 0 Å². The Labute approximate surface area is 205 Å². The Morgan fingerprint density at radius 2 is 1.15 bits per heavy atom. The molecule has 1 nitrogen and oxygen atoms in total. The van der Waals surface area contributed by atoms with Gasteiger partial charge in [-0.2, -0.15) is 0 Å². The molecule has 0 aliphatic heterocycles. The van der Waals surface area contributed by atoms with Gasteiger partial charge in [0.05, 0.1) is 0 Å². The first-order valence-corrected chi connectivity index (χ1v) is 13.9. The smallest absolute Gasteiger partial charge is 0.119 e. The third kappa shape index (κ3) is 8.84. The lowest BCUT2D eigenvalue weighted by atomic mass is 9.72. The lowest BCUT2D eigenvalue weighted by molar-refractivity contribution is 0.439. The highest BCUT2D eigenvalue weighted by atomic mass is 16.3. The molecule has 0 aliphatic rings. The average molecular weight is 451 g/mol. The number of phenols is 1. The van der Waals surface area contributed by atoms with Crippen LogP contribution in [0.3, 0.4) is 0 Å². The van der Waals surface area contributed by atoms with Crippen molar-refractivity contribution in [1.82, 2.24) is 0 Å². The number of unbranched alkanes of at least 4 members (excludes halogenated alkanes) is 10. The molecule has 2 rings (SSSR count). The zero-order valence-electron chi connectivity index (χ0n) is 22.0. The summed E-state index contributed by atoms with van der Waals surface area (Å²) < 4.78 is 0. The van der Waals surface area contributed by atoms with Crippen molar-refractivity contribution in [1.29, 1.82) is 0 Å². The molecule has 1 heteroatoms. The van der Waals surface area contributed by atoms with Crippen molar-refractivity contribution in [3.05, 3.63) is 65.2 Å². The number of rotatable bonds is 17. The van der Waals surface area contributed by atoms with Gasteiger partial charge in [0.1, 0.15) is 5.75 Å². The maximum Gasteiger partial charge on any atom is 0.119 e. The monoisotopic (exact) mass is 450 g/mol. The van der Waals surface area contributed by atoms with Crippen LogP contribution in [0.1, 0.15) is 140 Å². The second-order valence-corrected chi connectivity index (χ2v) is 10.5. The van der Waals surface area contributed by atoms with Gasteiger partial charge < -0.3 is 5.11 Å². The third-order valence-electron chi connectivity index (χ3n) is 7.45. The number of hydrogen-bond acceptors (Lipinski definition) is 1. The summed E-state index contributed by atoms with van der Waals surface area (Å²) in [5.41, 5.74) is 3.57. The highest BCUT2D eigenvalue weighted by molar-refractivity contribution is 5.51. The van der Waals surface area contributed by atoms with E-state index in [0.717, 1.165) is 5.56 Å². The second-order valence-electron chi connectivity index (χ2n) is 10.5. The molecule has 0 spiro atoms. The number of hydrogen-bond donors (Lipinski definition) is 1. The van der Waals surface area contributed by atoms with Gasteiger partial charge in [-0.3, -0.25) is 0 Å². The van der Waals surface area contributed by atoms with Crippen molar-refractivity contribution in [2.75, 3.05) is 0 Å². The SMILES string of the molecule is CCCCCCCCCC(CCCCCCC)c1cccc(O)c1C(C)(C)c1ccccc1. The molecule has 184 valence electrons. The summed E-state index contributed by atoms with van der Waals surface area (Å²) in [5.74, 6) is 0.990. The van der Waals surface area contributed by atoms with E-state index in [9.17, 15) is 5.11 Å². The molecular formula is C32H50O. The normalized spacial score (nSPS) is 12.7. The molecule has 2 aromatic carbocycles. The van der Waals surface area contributed by atoms with Gasteiger partial charge in [-0.1, -0.05) is 147 Å². The first-order valence-electron chi connectivity index (χ1n) is 13.9. The van der Waals surface area contributed by atoms with E-state index in [4.69, 9.17) is 0 Å². The van der Waals surface area contributed by atoms with Crippen LogP contribution >= 0.6 is 0 Å². The Bertz CT molecular complexity index is 761. The zero-order chi connectivity index (χ0) is 23.9. The van der Waals surface area contributed by atoms with Crippen LogP contribution in [-0.4, -0.2) is 5.11 Å². The highest BCUT2D eigenvalue weighted by Gasteiger charge is 2.31. The number of benzene rings is 2. The zero-order valence-corrected chi connectivity index (χ0v) is 22.0. The maximum atomic E-state index is 11.1. The van der Waals surface area contributed by atoms with E-state index in [2.05, 4.69) is 70.2 Å². The number of phenolic OH excluding ortho intramolecular Hbond substituents is 1. The van der Waals surface area contributed by atoms with Gasteiger partial charge in [0.15, 0.2) is 0 Å². The minimum atomic E-state index is -0.220. The fourth-order valence-corrected chi connectivity index (χ4v) is 5.38. The highest BCUT2D eigenvalue weighted by Crippen LogP contribution is 2.43. The van der Waals surface area contributed by atoms with Gasteiger partial charge in [-0.05, 0) is 36.0 Å². The lowest BCUT2D eigenvalue weighted by Crippen LogP contribution is -2.22. The van der Waals surface area contributed by atoms with E-state index in [1.807, 2.05) is 6.07 Å². The van der Waals surface area contributed by atoms with Crippen LogP contribution in [0, 0.1) is 0 Å². The van der Waals surface area contributed by atoms with Gasteiger partial charge in [-0.25, -0.2) is 0 Å². The van der Waals surface area contributed by atoms with Gasteiger partial charge in [0.2, 0.25) is 0 Å². The van der Waals surface area contributed by atoms with Crippen LogP contribution in [0.4, 0.5) is 0 Å². The molecule has 33 heavy (non-hydrogen) atoms. The Kier molecular flexibility index (Phi) is 12.7. The van der Waals surface area contributed by atoms with Crippen molar-refractivity contribution < 1.29 is 5.11 Å². The second kappa shape index (κ2) is 15.2. The van der Waals surface area contributed by atoms with Crippen molar-refractivity contribution >= 4 is 0 Å². The van der Waals surface area contributed by atoms with Crippen molar-refractivity contribution in [2.45, 2.75) is 129 Å². The van der Waals surface area contributed by atoms with Gasteiger partial charge in [0, 0.05) is 11.0 Å². The summed E-state index contributed by atoms with van der Waals surface area (Å²) in [6, 6.07) is 16.9.